The summed E-state index contributed by atoms with van der Waals surface area (Å²) in [6.45, 7) is 3.85. The first-order chi connectivity index (χ1) is 11.5. The first kappa shape index (κ1) is 18.5. The molecule has 6 heteroatoms. The third-order valence-electron chi connectivity index (χ3n) is 3.42. The molecule has 0 aliphatic heterocycles. The monoisotopic (exact) mass is 406 g/mol. The van der Waals surface area contributed by atoms with Crippen LogP contribution in [0.3, 0.4) is 0 Å². The molecule has 2 amide bonds. The molecule has 0 radical (unpaired) electrons. The van der Waals surface area contributed by atoms with Crippen LogP contribution in [0, 0.1) is 0 Å². The second-order valence-electron chi connectivity index (χ2n) is 5.21. The maximum Gasteiger partial charge on any atom is 0.269 e. The normalized spacial score (nSPS) is 11.6. The number of hydrogen-bond acceptors (Lipinski definition) is 3. The van der Waals surface area contributed by atoms with Crippen LogP contribution in [0.2, 0.25) is 0 Å². The number of hydrazine groups is 1. The summed E-state index contributed by atoms with van der Waals surface area (Å²) >= 11 is 4.81. The highest BCUT2D eigenvalue weighted by molar-refractivity contribution is 9.10. The van der Waals surface area contributed by atoms with Gasteiger partial charge in [-0.2, -0.15) is 0 Å². The van der Waals surface area contributed by atoms with E-state index in [1.165, 1.54) is 11.8 Å². The summed E-state index contributed by atoms with van der Waals surface area (Å²) in [5, 5.41) is -0.325. The molecule has 0 aromatic heterocycles. The van der Waals surface area contributed by atoms with Gasteiger partial charge in [-0.3, -0.25) is 20.4 Å². The van der Waals surface area contributed by atoms with E-state index in [0.717, 1.165) is 21.4 Å². The van der Waals surface area contributed by atoms with Gasteiger partial charge in [0.2, 0.25) is 0 Å². The molecule has 0 fully saturated rings. The molecule has 2 N–H and O–H groups in total. The third-order valence-corrected chi connectivity index (χ3v) is 5.06. The Bertz CT molecular complexity index is 702. The minimum Gasteiger partial charge on any atom is -0.272 e. The van der Waals surface area contributed by atoms with Crippen LogP contribution in [0.4, 0.5) is 0 Å². The summed E-state index contributed by atoms with van der Waals surface area (Å²) in [7, 11) is 0. The van der Waals surface area contributed by atoms with Crippen molar-refractivity contribution in [3.05, 3.63) is 64.1 Å². The van der Waals surface area contributed by atoms with Crippen LogP contribution in [0.5, 0.6) is 0 Å². The molecule has 126 valence electrons. The lowest BCUT2D eigenvalue weighted by Crippen LogP contribution is -2.44. The first-order valence-corrected chi connectivity index (χ1v) is 9.28. The molecular weight excluding hydrogens is 388 g/mol. The number of carbonyl (C=O) groups excluding carboxylic acids is 2. The van der Waals surface area contributed by atoms with Gasteiger partial charge in [0.1, 0.15) is 0 Å². The molecule has 2 rings (SSSR count). The highest BCUT2D eigenvalue weighted by Gasteiger charge is 2.15. The van der Waals surface area contributed by atoms with Crippen LogP contribution in [-0.4, -0.2) is 17.1 Å². The van der Waals surface area contributed by atoms with Crippen molar-refractivity contribution >= 4 is 39.5 Å². The van der Waals surface area contributed by atoms with Crippen molar-refractivity contribution in [3.63, 3.8) is 0 Å². The van der Waals surface area contributed by atoms with Crippen molar-refractivity contribution in [2.75, 3.05) is 0 Å². The van der Waals surface area contributed by atoms with Gasteiger partial charge in [0.05, 0.1) is 5.25 Å². The molecule has 0 spiro atoms. The summed E-state index contributed by atoms with van der Waals surface area (Å²) in [5.74, 6) is -0.576. The van der Waals surface area contributed by atoms with Crippen molar-refractivity contribution in [1.29, 1.82) is 0 Å². The second-order valence-corrected chi connectivity index (χ2v) is 7.54. The number of nitrogens with one attached hydrogen (secondary N) is 2. The molecule has 1 atom stereocenters. The number of hydrogen-bond donors (Lipinski definition) is 2. The summed E-state index contributed by atoms with van der Waals surface area (Å²) in [5.41, 5.74) is 6.60. The van der Waals surface area contributed by atoms with E-state index in [1.54, 1.807) is 19.1 Å². The van der Waals surface area contributed by atoms with Crippen molar-refractivity contribution in [2.24, 2.45) is 0 Å². The molecule has 0 saturated carbocycles. The van der Waals surface area contributed by atoms with Crippen LogP contribution < -0.4 is 10.9 Å². The van der Waals surface area contributed by atoms with Gasteiger partial charge in [-0.25, -0.2) is 0 Å². The van der Waals surface area contributed by atoms with Gasteiger partial charge >= 0.3 is 0 Å². The molecule has 0 aliphatic rings. The Morgan fingerprint density at radius 2 is 1.67 bits per heavy atom. The molecule has 24 heavy (non-hydrogen) atoms. The quantitative estimate of drug-likeness (QED) is 0.583. The van der Waals surface area contributed by atoms with Crippen LogP contribution in [0.15, 0.2) is 57.9 Å². The Kier molecular flexibility index (Phi) is 6.87. The highest BCUT2D eigenvalue weighted by Crippen LogP contribution is 2.24. The summed E-state index contributed by atoms with van der Waals surface area (Å²) < 4.78 is 0.991. The Balaban J connectivity index is 1.84. The van der Waals surface area contributed by atoms with Crippen LogP contribution in [0.25, 0.3) is 0 Å². The smallest absolute Gasteiger partial charge is 0.269 e. The number of thioether (sulfide) groups is 1. The summed E-state index contributed by atoms with van der Waals surface area (Å²) in [6.07, 6.45) is 0.920. The molecular formula is C18H19BrN2O2S. The molecule has 0 bridgehead atoms. The van der Waals surface area contributed by atoms with E-state index in [2.05, 4.69) is 33.7 Å². The van der Waals surface area contributed by atoms with Gasteiger partial charge in [-0.1, -0.05) is 35.0 Å². The zero-order valence-electron chi connectivity index (χ0n) is 13.5. The molecule has 0 saturated heterocycles. The zero-order chi connectivity index (χ0) is 17.5. The minimum atomic E-state index is -0.327. The Labute approximate surface area is 154 Å². The zero-order valence-corrected chi connectivity index (χ0v) is 15.9. The van der Waals surface area contributed by atoms with Crippen molar-refractivity contribution < 1.29 is 9.59 Å². The van der Waals surface area contributed by atoms with Gasteiger partial charge in [-0.05, 0) is 55.3 Å². The first-order valence-electron chi connectivity index (χ1n) is 7.61. The van der Waals surface area contributed by atoms with Crippen LogP contribution in [0.1, 0.15) is 29.8 Å². The number of benzene rings is 2. The van der Waals surface area contributed by atoms with Gasteiger partial charge in [-0.15, -0.1) is 11.8 Å². The van der Waals surface area contributed by atoms with E-state index in [1.807, 2.05) is 36.4 Å². The molecule has 0 aliphatic carbocycles. The van der Waals surface area contributed by atoms with Crippen molar-refractivity contribution in [3.8, 4) is 0 Å². The lowest BCUT2D eigenvalue weighted by molar-refractivity contribution is -0.121. The topological polar surface area (TPSA) is 58.2 Å². The SMILES string of the molecule is CCc1ccc(C(=O)NNC(=O)C(C)Sc2ccc(Br)cc2)cc1. The van der Waals surface area contributed by atoms with E-state index in [0.29, 0.717) is 5.56 Å². The summed E-state index contributed by atoms with van der Waals surface area (Å²) in [6, 6.07) is 15.0. The van der Waals surface area contributed by atoms with Crippen molar-refractivity contribution in [2.45, 2.75) is 30.4 Å². The van der Waals surface area contributed by atoms with Gasteiger partial charge in [0.25, 0.3) is 11.8 Å². The van der Waals surface area contributed by atoms with E-state index < -0.39 is 0 Å². The van der Waals surface area contributed by atoms with Gasteiger partial charge in [0.15, 0.2) is 0 Å². The Hall–Kier alpha value is -1.79. The third kappa shape index (κ3) is 5.39. The van der Waals surface area contributed by atoms with Crippen LogP contribution in [-0.2, 0) is 11.2 Å². The van der Waals surface area contributed by atoms with E-state index in [4.69, 9.17) is 0 Å². The Morgan fingerprint density at radius 1 is 1.04 bits per heavy atom. The fourth-order valence-electron chi connectivity index (χ4n) is 1.95. The molecule has 2 aromatic rings. The van der Waals surface area contributed by atoms with Gasteiger partial charge in [0, 0.05) is 14.9 Å². The van der Waals surface area contributed by atoms with E-state index in [-0.39, 0.29) is 17.1 Å². The van der Waals surface area contributed by atoms with E-state index in [9.17, 15) is 9.59 Å². The lowest BCUT2D eigenvalue weighted by Gasteiger charge is -2.13. The van der Waals surface area contributed by atoms with Gasteiger partial charge < -0.3 is 0 Å². The maximum absolute atomic E-state index is 12.1. The molecule has 0 heterocycles. The fourth-order valence-corrected chi connectivity index (χ4v) is 3.09. The Morgan fingerprint density at radius 3 is 2.25 bits per heavy atom. The number of amides is 2. The summed E-state index contributed by atoms with van der Waals surface area (Å²) in [4.78, 5) is 25.1. The predicted octanol–water partition coefficient (Wildman–Crippen LogP) is 3.95. The van der Waals surface area contributed by atoms with Crippen LogP contribution >= 0.6 is 27.7 Å². The number of aryl methyl sites for hydroxylation is 1. The van der Waals surface area contributed by atoms with Crippen molar-refractivity contribution in [1.82, 2.24) is 10.9 Å². The number of rotatable bonds is 5. The average Bonchev–Trinajstić information content (AvgIpc) is 2.61. The predicted molar refractivity (Wildman–Crippen MR) is 101 cm³/mol. The molecule has 4 nitrogen and oxygen atoms in total. The van der Waals surface area contributed by atoms with E-state index >= 15 is 0 Å². The fraction of sp³-hybridized carbons (Fsp3) is 0.222. The second kappa shape index (κ2) is 8.89. The number of carbonyl (C=O) groups is 2. The lowest BCUT2D eigenvalue weighted by atomic mass is 10.1. The maximum atomic E-state index is 12.1. The standard InChI is InChI=1S/C18H19BrN2O2S/c1-3-13-4-6-14(7-5-13)18(23)21-20-17(22)12(2)24-16-10-8-15(19)9-11-16/h4-12H,3H2,1-2H3,(H,20,22)(H,21,23). The minimum absolute atomic E-state index is 0.249. The number of halogens is 1. The molecule has 2 aromatic carbocycles. The largest absolute Gasteiger partial charge is 0.272 e. The average molecular weight is 407 g/mol. The molecule has 1 unspecified atom stereocenters. The highest BCUT2D eigenvalue weighted by atomic mass is 79.9.